The molecule has 2 unspecified atom stereocenters. The number of rotatable bonds is 4. The monoisotopic (exact) mass is 388 g/mol. The molecule has 2 atom stereocenters. The number of anilines is 1. The number of nitrogen functional groups attached to an aromatic ring is 1. The van der Waals surface area contributed by atoms with Gasteiger partial charge in [0.2, 0.25) is 0 Å². The Bertz CT molecular complexity index is 1070. The lowest BCUT2D eigenvalue weighted by Gasteiger charge is -2.15. The van der Waals surface area contributed by atoms with Gasteiger partial charge in [-0.05, 0) is 36.1 Å². The molecule has 0 aliphatic heterocycles. The van der Waals surface area contributed by atoms with Crippen LogP contribution in [0, 0.1) is 5.92 Å². The molecule has 0 saturated carbocycles. The molecule has 5 nitrogen and oxygen atoms in total. The predicted octanol–water partition coefficient (Wildman–Crippen LogP) is 5.92. The molecule has 1 aliphatic carbocycles. The first kappa shape index (κ1) is 18.3. The van der Waals surface area contributed by atoms with Crippen LogP contribution in [-0.4, -0.2) is 10.8 Å². The number of carbonyl (C=O) groups is 1. The Kier molecular flexibility index (Phi) is 4.88. The van der Waals surface area contributed by atoms with Crippen LogP contribution in [0.1, 0.15) is 30.9 Å². The molecule has 0 fully saturated rings. The van der Waals surface area contributed by atoms with Crippen LogP contribution in [0.25, 0.3) is 5.57 Å². The molecule has 0 spiro atoms. The maximum absolute atomic E-state index is 13.2. The van der Waals surface area contributed by atoms with Gasteiger partial charge in [-0.15, -0.1) is 10.2 Å². The fourth-order valence-corrected chi connectivity index (χ4v) is 4.16. The molecule has 0 radical (unpaired) electrons. The smallest absolute Gasteiger partial charge is 0.182 e. The fourth-order valence-electron chi connectivity index (χ4n) is 3.65. The number of Topliss-reactive ketones (excluding diaryl/α,β-unsaturated/α-hetero) is 1. The van der Waals surface area contributed by atoms with Crippen molar-refractivity contribution in [2.45, 2.75) is 19.8 Å². The van der Waals surface area contributed by atoms with Gasteiger partial charge in [0.05, 0.1) is 17.8 Å². The minimum absolute atomic E-state index is 0.118. The summed E-state index contributed by atoms with van der Waals surface area (Å²) in [4.78, 5) is 17.2. The summed E-state index contributed by atoms with van der Waals surface area (Å²) in [5.41, 5.74) is 10.3. The Morgan fingerprint density at radius 3 is 2.39 bits per heavy atom. The second-order valence-corrected chi connectivity index (χ2v) is 7.92. The number of carbonyl (C=O) groups excluding carboxylic acids is 1. The van der Waals surface area contributed by atoms with Gasteiger partial charge in [-0.1, -0.05) is 66.3 Å². The van der Waals surface area contributed by atoms with Crippen LogP contribution in [0.2, 0.25) is 0 Å². The van der Waals surface area contributed by atoms with E-state index in [-0.39, 0.29) is 17.6 Å². The number of hydrogen-bond donors (Lipinski definition) is 1. The van der Waals surface area contributed by atoms with Crippen molar-refractivity contribution in [3.63, 3.8) is 0 Å². The Labute approximate surface area is 167 Å². The predicted molar refractivity (Wildman–Crippen MR) is 113 cm³/mol. The number of hydrogen-bond acceptors (Lipinski definition) is 6. The van der Waals surface area contributed by atoms with Crippen molar-refractivity contribution < 1.29 is 4.79 Å². The minimum atomic E-state index is -0.118. The van der Waals surface area contributed by atoms with E-state index in [2.05, 4.69) is 29.1 Å². The quantitative estimate of drug-likeness (QED) is 0.564. The first-order valence-corrected chi connectivity index (χ1v) is 9.89. The van der Waals surface area contributed by atoms with Crippen molar-refractivity contribution in [2.24, 2.45) is 16.1 Å². The highest BCUT2D eigenvalue weighted by molar-refractivity contribution is 7.18. The van der Waals surface area contributed by atoms with E-state index in [9.17, 15) is 4.79 Å². The lowest BCUT2D eigenvalue weighted by Crippen LogP contribution is -2.13. The zero-order valence-corrected chi connectivity index (χ0v) is 16.5. The Hall–Kier alpha value is -3.12. The Morgan fingerprint density at radius 2 is 1.75 bits per heavy atom. The van der Waals surface area contributed by atoms with E-state index in [1.54, 1.807) is 6.20 Å². The molecular formula is C22H20N4OS. The van der Waals surface area contributed by atoms with Gasteiger partial charge in [0.15, 0.2) is 15.9 Å². The summed E-state index contributed by atoms with van der Waals surface area (Å²) in [5.74, 6) is 0.249. The van der Waals surface area contributed by atoms with E-state index in [0.29, 0.717) is 15.8 Å². The summed E-state index contributed by atoms with van der Waals surface area (Å²) in [5, 5.41) is 9.48. The maximum atomic E-state index is 13.2. The lowest BCUT2D eigenvalue weighted by atomic mass is 9.86. The third-order valence-electron chi connectivity index (χ3n) is 5.20. The van der Waals surface area contributed by atoms with E-state index in [1.165, 1.54) is 11.3 Å². The molecule has 2 aromatic carbocycles. The van der Waals surface area contributed by atoms with Crippen LogP contribution in [0.15, 0.2) is 76.6 Å². The van der Waals surface area contributed by atoms with Crippen molar-refractivity contribution in [1.82, 2.24) is 4.98 Å². The van der Waals surface area contributed by atoms with Gasteiger partial charge in [-0.25, -0.2) is 4.98 Å². The highest BCUT2D eigenvalue weighted by atomic mass is 32.1. The number of aromatic nitrogens is 1. The molecule has 0 amide bonds. The highest BCUT2D eigenvalue weighted by Crippen LogP contribution is 2.44. The topological polar surface area (TPSA) is 80.7 Å². The zero-order valence-electron chi connectivity index (χ0n) is 15.7. The van der Waals surface area contributed by atoms with Gasteiger partial charge in [-0.3, -0.25) is 4.79 Å². The molecule has 6 heteroatoms. The molecule has 1 aromatic heterocycles. The normalized spacial score (nSPS) is 19.7. The third-order valence-corrected chi connectivity index (χ3v) is 5.91. The lowest BCUT2D eigenvalue weighted by molar-refractivity contribution is -0.115. The standard InChI is InChI=1S/C22H20N4OS/c1-13-14(2)20(21(27)19(13)15-6-4-3-5-7-15)16-8-10-17(11-9-16)25-26-18-12-24-22(23)28-18/h3-13,19H,1-2H3,(H2,23,24). The number of ketones is 1. The Morgan fingerprint density at radius 1 is 1.04 bits per heavy atom. The summed E-state index contributed by atoms with van der Waals surface area (Å²) < 4.78 is 0. The SMILES string of the molecule is CC1=C(c2ccc(N=Nc3cnc(N)s3)cc2)C(=O)C(c2ccccc2)C1C. The molecule has 140 valence electrons. The number of nitrogens with two attached hydrogens (primary N) is 1. The van der Waals surface area contributed by atoms with Crippen molar-refractivity contribution in [3.05, 3.63) is 77.5 Å². The summed E-state index contributed by atoms with van der Waals surface area (Å²) in [7, 11) is 0. The first-order chi connectivity index (χ1) is 13.5. The second-order valence-electron chi connectivity index (χ2n) is 6.88. The van der Waals surface area contributed by atoms with Gasteiger partial charge in [0.25, 0.3) is 0 Å². The fraction of sp³-hybridized carbons (Fsp3) is 0.182. The molecule has 3 aromatic rings. The van der Waals surface area contributed by atoms with E-state index < -0.39 is 0 Å². The second kappa shape index (κ2) is 7.48. The number of azo groups is 1. The molecule has 0 saturated heterocycles. The number of allylic oxidation sites excluding steroid dienone is 2. The molecule has 1 aliphatic rings. The zero-order chi connectivity index (χ0) is 19.7. The van der Waals surface area contributed by atoms with Gasteiger partial charge in [0.1, 0.15) is 0 Å². The van der Waals surface area contributed by atoms with E-state index in [0.717, 1.165) is 22.3 Å². The van der Waals surface area contributed by atoms with Crippen LogP contribution in [0.5, 0.6) is 0 Å². The van der Waals surface area contributed by atoms with Crippen molar-refractivity contribution in [3.8, 4) is 0 Å². The molecule has 0 bridgehead atoms. The number of thiazole rings is 1. The van der Waals surface area contributed by atoms with E-state index in [1.807, 2.05) is 54.6 Å². The average Bonchev–Trinajstić information content (AvgIpc) is 3.22. The molecule has 28 heavy (non-hydrogen) atoms. The summed E-state index contributed by atoms with van der Waals surface area (Å²) in [6.07, 6.45) is 1.59. The summed E-state index contributed by atoms with van der Waals surface area (Å²) in [6.45, 7) is 4.18. The molecular weight excluding hydrogens is 368 g/mol. The van der Waals surface area contributed by atoms with Crippen molar-refractivity contribution in [2.75, 3.05) is 5.73 Å². The number of benzene rings is 2. The third kappa shape index (κ3) is 3.39. The Balaban J connectivity index is 1.58. The van der Waals surface area contributed by atoms with Crippen LogP contribution in [0.3, 0.4) is 0 Å². The average molecular weight is 388 g/mol. The highest BCUT2D eigenvalue weighted by Gasteiger charge is 2.38. The summed E-state index contributed by atoms with van der Waals surface area (Å²) >= 11 is 1.28. The van der Waals surface area contributed by atoms with Crippen LogP contribution in [0.4, 0.5) is 15.8 Å². The van der Waals surface area contributed by atoms with Crippen LogP contribution in [-0.2, 0) is 4.79 Å². The minimum Gasteiger partial charge on any atom is -0.375 e. The van der Waals surface area contributed by atoms with Gasteiger partial charge in [-0.2, -0.15) is 0 Å². The van der Waals surface area contributed by atoms with Crippen molar-refractivity contribution >= 4 is 38.5 Å². The molecule has 1 heterocycles. The summed E-state index contributed by atoms with van der Waals surface area (Å²) in [6, 6.07) is 17.6. The first-order valence-electron chi connectivity index (χ1n) is 9.08. The number of nitrogens with zero attached hydrogens (tertiary/aromatic N) is 3. The largest absolute Gasteiger partial charge is 0.375 e. The van der Waals surface area contributed by atoms with E-state index in [4.69, 9.17) is 5.73 Å². The van der Waals surface area contributed by atoms with Crippen molar-refractivity contribution in [1.29, 1.82) is 0 Å². The van der Waals surface area contributed by atoms with Gasteiger partial charge >= 0.3 is 0 Å². The van der Waals surface area contributed by atoms with Gasteiger partial charge < -0.3 is 5.73 Å². The van der Waals surface area contributed by atoms with Crippen LogP contribution >= 0.6 is 11.3 Å². The van der Waals surface area contributed by atoms with Crippen LogP contribution < -0.4 is 5.73 Å². The molecule has 2 N–H and O–H groups in total. The maximum Gasteiger partial charge on any atom is 0.182 e. The van der Waals surface area contributed by atoms with Gasteiger partial charge in [0, 0.05) is 5.57 Å². The molecule has 4 rings (SSSR count). The van der Waals surface area contributed by atoms with E-state index >= 15 is 0 Å².